The predicted molar refractivity (Wildman–Crippen MR) is 75.3 cm³/mol. The summed E-state index contributed by atoms with van der Waals surface area (Å²) in [6, 6.07) is 8.26. The maximum absolute atomic E-state index is 6.00. The molecule has 1 heterocycles. The molecule has 0 saturated carbocycles. The molecule has 1 aromatic heterocycles. The molecule has 0 unspecified atom stereocenters. The topological polar surface area (TPSA) is 22.1 Å². The Hall–Kier alpha value is -0.670. The van der Waals surface area contributed by atoms with Crippen molar-refractivity contribution in [3.63, 3.8) is 0 Å². The SMILES string of the molecule is ClCc1nc(Oc2ccc(Cl)cc2Cl)ccc1Cl. The molecule has 1 aromatic carbocycles. The Morgan fingerprint density at radius 2 is 1.78 bits per heavy atom. The Morgan fingerprint density at radius 1 is 1.00 bits per heavy atom. The van der Waals surface area contributed by atoms with Crippen molar-refractivity contribution >= 4 is 46.4 Å². The number of rotatable bonds is 3. The van der Waals surface area contributed by atoms with Crippen molar-refractivity contribution in [2.24, 2.45) is 0 Å². The maximum Gasteiger partial charge on any atom is 0.219 e. The molecule has 0 radical (unpaired) electrons. The van der Waals surface area contributed by atoms with Gasteiger partial charge >= 0.3 is 0 Å². The smallest absolute Gasteiger partial charge is 0.219 e. The second-order valence-electron chi connectivity index (χ2n) is 3.39. The summed E-state index contributed by atoms with van der Waals surface area (Å²) >= 11 is 23.4. The molecule has 0 fully saturated rings. The summed E-state index contributed by atoms with van der Waals surface area (Å²) in [5.41, 5.74) is 0.556. The van der Waals surface area contributed by atoms with Gasteiger partial charge in [-0.1, -0.05) is 34.8 Å². The average Bonchev–Trinajstić information content (AvgIpc) is 2.35. The fourth-order valence-electron chi connectivity index (χ4n) is 1.29. The number of benzene rings is 1. The van der Waals surface area contributed by atoms with E-state index in [1.54, 1.807) is 30.3 Å². The Morgan fingerprint density at radius 3 is 2.44 bits per heavy atom. The summed E-state index contributed by atoms with van der Waals surface area (Å²) in [7, 11) is 0. The zero-order valence-electron chi connectivity index (χ0n) is 8.96. The first-order valence-corrected chi connectivity index (χ1v) is 6.61. The second-order valence-corrected chi connectivity index (χ2v) is 4.91. The van der Waals surface area contributed by atoms with Crippen molar-refractivity contribution in [2.75, 3.05) is 0 Å². The molecule has 0 saturated heterocycles. The van der Waals surface area contributed by atoms with Crippen molar-refractivity contribution < 1.29 is 4.74 Å². The molecular weight excluding hydrogens is 316 g/mol. The van der Waals surface area contributed by atoms with Crippen molar-refractivity contribution in [3.8, 4) is 11.6 Å². The van der Waals surface area contributed by atoms with Crippen LogP contribution in [0.25, 0.3) is 0 Å². The summed E-state index contributed by atoms with van der Waals surface area (Å²) in [4.78, 5) is 4.17. The highest BCUT2D eigenvalue weighted by molar-refractivity contribution is 6.35. The molecule has 6 heteroatoms. The lowest BCUT2D eigenvalue weighted by Crippen LogP contribution is -1.93. The van der Waals surface area contributed by atoms with Gasteiger partial charge in [0.2, 0.25) is 5.88 Å². The molecule has 0 bridgehead atoms. The minimum atomic E-state index is 0.213. The summed E-state index contributed by atoms with van der Waals surface area (Å²) in [6.07, 6.45) is 0. The van der Waals surface area contributed by atoms with Crippen molar-refractivity contribution in [2.45, 2.75) is 5.88 Å². The largest absolute Gasteiger partial charge is 0.437 e. The highest BCUT2D eigenvalue weighted by Crippen LogP contribution is 2.31. The van der Waals surface area contributed by atoms with Crippen LogP contribution >= 0.6 is 46.4 Å². The van der Waals surface area contributed by atoms with Gasteiger partial charge in [0.05, 0.1) is 21.6 Å². The molecular formula is C12H7Cl4NO. The average molecular weight is 323 g/mol. The monoisotopic (exact) mass is 321 g/mol. The number of ether oxygens (including phenoxy) is 1. The number of nitrogens with zero attached hydrogens (tertiary/aromatic N) is 1. The van der Waals surface area contributed by atoms with Gasteiger partial charge in [-0.15, -0.1) is 11.6 Å². The lowest BCUT2D eigenvalue weighted by Gasteiger charge is -2.08. The van der Waals surface area contributed by atoms with Crippen LogP contribution < -0.4 is 4.74 Å². The van der Waals surface area contributed by atoms with E-state index in [0.29, 0.717) is 32.4 Å². The molecule has 94 valence electrons. The third-order valence-electron chi connectivity index (χ3n) is 2.13. The number of pyridine rings is 1. The molecule has 18 heavy (non-hydrogen) atoms. The van der Waals surface area contributed by atoms with E-state index in [4.69, 9.17) is 51.1 Å². The zero-order valence-corrected chi connectivity index (χ0v) is 12.0. The molecule has 2 aromatic rings. The minimum Gasteiger partial charge on any atom is -0.437 e. The quantitative estimate of drug-likeness (QED) is 0.689. The third-order valence-corrected chi connectivity index (χ3v) is 3.26. The van der Waals surface area contributed by atoms with Gasteiger partial charge < -0.3 is 4.74 Å². The van der Waals surface area contributed by atoms with Crippen LogP contribution in [0.4, 0.5) is 0 Å². The molecule has 0 aliphatic rings. The first-order chi connectivity index (χ1) is 8.60. The van der Waals surface area contributed by atoms with E-state index in [-0.39, 0.29) is 5.88 Å². The molecule has 0 amide bonds. The van der Waals surface area contributed by atoms with Gasteiger partial charge in [-0.05, 0) is 24.3 Å². The van der Waals surface area contributed by atoms with Crippen LogP contribution in [0.3, 0.4) is 0 Å². The predicted octanol–water partition coefficient (Wildman–Crippen LogP) is 5.57. The van der Waals surface area contributed by atoms with E-state index in [1.165, 1.54) is 0 Å². The summed E-state index contributed by atoms with van der Waals surface area (Å²) < 4.78 is 5.54. The van der Waals surface area contributed by atoms with Crippen LogP contribution in [-0.2, 0) is 5.88 Å². The number of hydrogen-bond donors (Lipinski definition) is 0. The zero-order chi connectivity index (χ0) is 13.1. The van der Waals surface area contributed by atoms with Gasteiger partial charge in [0.25, 0.3) is 0 Å². The van der Waals surface area contributed by atoms with E-state index in [9.17, 15) is 0 Å². The Balaban J connectivity index is 2.28. The van der Waals surface area contributed by atoms with Crippen LogP contribution in [0.5, 0.6) is 11.6 Å². The van der Waals surface area contributed by atoms with E-state index >= 15 is 0 Å². The molecule has 0 atom stereocenters. The van der Waals surface area contributed by atoms with E-state index < -0.39 is 0 Å². The van der Waals surface area contributed by atoms with Gasteiger partial charge in [-0.3, -0.25) is 0 Å². The van der Waals surface area contributed by atoms with Crippen LogP contribution in [0.1, 0.15) is 5.69 Å². The molecule has 0 aliphatic carbocycles. The van der Waals surface area contributed by atoms with Gasteiger partial charge in [-0.25, -0.2) is 4.98 Å². The van der Waals surface area contributed by atoms with Crippen LogP contribution in [-0.4, -0.2) is 4.98 Å². The number of aromatic nitrogens is 1. The maximum atomic E-state index is 6.00. The fraction of sp³-hybridized carbons (Fsp3) is 0.0833. The normalized spacial score (nSPS) is 10.4. The highest BCUT2D eigenvalue weighted by Gasteiger charge is 2.07. The van der Waals surface area contributed by atoms with Crippen LogP contribution in [0.15, 0.2) is 30.3 Å². The van der Waals surface area contributed by atoms with Gasteiger partial charge in [-0.2, -0.15) is 0 Å². The molecule has 2 nitrogen and oxygen atoms in total. The van der Waals surface area contributed by atoms with Crippen LogP contribution in [0, 0.1) is 0 Å². The first kappa shape index (κ1) is 13.8. The summed E-state index contributed by atoms with van der Waals surface area (Å²) in [5, 5.41) is 1.45. The van der Waals surface area contributed by atoms with E-state index in [1.807, 2.05) is 0 Å². The third kappa shape index (κ3) is 3.21. The van der Waals surface area contributed by atoms with Crippen LogP contribution in [0.2, 0.25) is 15.1 Å². The molecule has 0 N–H and O–H groups in total. The molecule has 2 rings (SSSR count). The number of hydrogen-bond acceptors (Lipinski definition) is 2. The van der Waals surface area contributed by atoms with Crippen molar-refractivity contribution in [1.29, 1.82) is 0 Å². The highest BCUT2D eigenvalue weighted by atomic mass is 35.5. The fourth-order valence-corrected chi connectivity index (χ4v) is 2.18. The standard InChI is InChI=1S/C12H7Cl4NO/c13-6-10-8(15)2-4-12(17-10)18-11-3-1-7(14)5-9(11)16/h1-5H,6H2. The minimum absolute atomic E-state index is 0.213. The lowest BCUT2D eigenvalue weighted by atomic mass is 10.3. The summed E-state index contributed by atoms with van der Waals surface area (Å²) in [6.45, 7) is 0. The molecule has 0 spiro atoms. The van der Waals surface area contributed by atoms with Crippen molar-refractivity contribution in [1.82, 2.24) is 4.98 Å². The van der Waals surface area contributed by atoms with Crippen molar-refractivity contribution in [3.05, 3.63) is 51.1 Å². The first-order valence-electron chi connectivity index (χ1n) is 4.94. The van der Waals surface area contributed by atoms with Gasteiger partial charge in [0, 0.05) is 11.1 Å². The Labute approximate surface area is 124 Å². The number of halogens is 4. The second kappa shape index (κ2) is 5.98. The van der Waals surface area contributed by atoms with E-state index in [0.717, 1.165) is 0 Å². The number of alkyl halides is 1. The Kier molecular flexibility index (Phi) is 4.57. The van der Waals surface area contributed by atoms with E-state index in [2.05, 4.69) is 4.98 Å². The lowest BCUT2D eigenvalue weighted by molar-refractivity contribution is 0.462. The Bertz CT molecular complexity index is 574. The molecule has 0 aliphatic heterocycles. The van der Waals surface area contributed by atoms with Gasteiger partial charge in [0.1, 0.15) is 5.75 Å². The summed E-state index contributed by atoms with van der Waals surface area (Å²) in [5.74, 6) is 1.06. The van der Waals surface area contributed by atoms with Gasteiger partial charge in [0.15, 0.2) is 0 Å².